The van der Waals surface area contributed by atoms with Crippen molar-refractivity contribution in [1.29, 1.82) is 0 Å². The highest BCUT2D eigenvalue weighted by atomic mass is 32.1. The summed E-state index contributed by atoms with van der Waals surface area (Å²) in [5.41, 5.74) is 3.02. The molecule has 0 aliphatic carbocycles. The van der Waals surface area contributed by atoms with Crippen LogP contribution in [0.4, 0.5) is 5.13 Å². The molecule has 24 heavy (non-hydrogen) atoms. The lowest BCUT2D eigenvalue weighted by Crippen LogP contribution is -2.11. The molecule has 122 valence electrons. The van der Waals surface area contributed by atoms with Crippen LogP contribution in [0.1, 0.15) is 46.3 Å². The van der Waals surface area contributed by atoms with Gasteiger partial charge >= 0.3 is 0 Å². The number of aromatic nitrogens is 2. The van der Waals surface area contributed by atoms with Gasteiger partial charge in [0.05, 0.1) is 0 Å². The van der Waals surface area contributed by atoms with Crippen LogP contribution in [0.25, 0.3) is 0 Å². The molecule has 1 amide bonds. The number of nitrogens with one attached hydrogen (secondary N) is 1. The van der Waals surface area contributed by atoms with E-state index in [0.29, 0.717) is 16.6 Å². The highest BCUT2D eigenvalue weighted by Gasteiger charge is 2.11. The Bertz CT molecular complexity index is 810. The number of amides is 1. The molecule has 0 radical (unpaired) electrons. The van der Waals surface area contributed by atoms with Gasteiger partial charge in [-0.25, -0.2) is 0 Å². The molecule has 0 bridgehead atoms. The predicted molar refractivity (Wildman–Crippen MR) is 97.6 cm³/mol. The van der Waals surface area contributed by atoms with E-state index in [1.165, 1.54) is 22.5 Å². The zero-order chi connectivity index (χ0) is 16.9. The zero-order valence-corrected chi connectivity index (χ0v) is 14.5. The SMILES string of the molecule is CC(C)c1ccc(C(=O)Nc2nnc(Cc3ccccc3)s2)cc1. The van der Waals surface area contributed by atoms with E-state index in [1.807, 2.05) is 42.5 Å². The van der Waals surface area contributed by atoms with Gasteiger partial charge in [0.2, 0.25) is 5.13 Å². The molecule has 1 aromatic heterocycles. The fourth-order valence-corrected chi connectivity index (χ4v) is 3.10. The highest BCUT2D eigenvalue weighted by molar-refractivity contribution is 7.15. The van der Waals surface area contributed by atoms with E-state index in [4.69, 9.17) is 0 Å². The van der Waals surface area contributed by atoms with Gasteiger partial charge in [0, 0.05) is 12.0 Å². The summed E-state index contributed by atoms with van der Waals surface area (Å²) in [5, 5.41) is 12.4. The Morgan fingerprint density at radius 2 is 1.75 bits per heavy atom. The summed E-state index contributed by atoms with van der Waals surface area (Å²) in [5.74, 6) is 0.290. The van der Waals surface area contributed by atoms with Crippen molar-refractivity contribution >= 4 is 22.4 Å². The van der Waals surface area contributed by atoms with E-state index in [0.717, 1.165) is 11.4 Å². The summed E-state index contributed by atoms with van der Waals surface area (Å²) >= 11 is 1.40. The molecule has 1 heterocycles. The van der Waals surface area contributed by atoms with Gasteiger partial charge in [-0.05, 0) is 29.2 Å². The first-order chi connectivity index (χ1) is 11.6. The van der Waals surface area contributed by atoms with Gasteiger partial charge in [-0.2, -0.15) is 0 Å². The Hall–Kier alpha value is -2.53. The monoisotopic (exact) mass is 337 g/mol. The maximum atomic E-state index is 12.3. The van der Waals surface area contributed by atoms with Crippen LogP contribution in [0, 0.1) is 0 Å². The minimum absolute atomic E-state index is 0.160. The number of hydrogen-bond donors (Lipinski definition) is 1. The molecule has 0 saturated heterocycles. The summed E-state index contributed by atoms with van der Waals surface area (Å²) in [6, 6.07) is 17.7. The van der Waals surface area contributed by atoms with E-state index in [-0.39, 0.29) is 5.91 Å². The number of carbonyl (C=O) groups excluding carboxylic acids is 1. The van der Waals surface area contributed by atoms with Crippen LogP contribution in [-0.4, -0.2) is 16.1 Å². The fourth-order valence-electron chi connectivity index (χ4n) is 2.33. The van der Waals surface area contributed by atoms with Gasteiger partial charge in [0.15, 0.2) is 0 Å². The minimum atomic E-state index is -0.160. The molecule has 0 spiro atoms. The van der Waals surface area contributed by atoms with Crippen molar-refractivity contribution < 1.29 is 4.79 Å². The van der Waals surface area contributed by atoms with Crippen molar-refractivity contribution in [3.63, 3.8) is 0 Å². The van der Waals surface area contributed by atoms with E-state index in [1.54, 1.807) is 0 Å². The van der Waals surface area contributed by atoms with Crippen LogP contribution in [0.15, 0.2) is 54.6 Å². The number of benzene rings is 2. The Morgan fingerprint density at radius 1 is 1.04 bits per heavy atom. The fraction of sp³-hybridized carbons (Fsp3) is 0.211. The molecule has 0 aliphatic rings. The lowest BCUT2D eigenvalue weighted by Gasteiger charge is -2.06. The van der Waals surface area contributed by atoms with Crippen molar-refractivity contribution in [1.82, 2.24) is 10.2 Å². The molecule has 0 saturated carbocycles. The predicted octanol–water partition coefficient (Wildman–Crippen LogP) is 4.50. The second-order valence-corrected chi connectivity index (χ2v) is 6.96. The van der Waals surface area contributed by atoms with E-state index >= 15 is 0 Å². The van der Waals surface area contributed by atoms with Crippen LogP contribution < -0.4 is 5.32 Å². The molecule has 1 N–H and O–H groups in total. The van der Waals surface area contributed by atoms with E-state index in [2.05, 4.69) is 41.5 Å². The van der Waals surface area contributed by atoms with Crippen molar-refractivity contribution in [2.24, 2.45) is 0 Å². The summed E-state index contributed by atoms with van der Waals surface area (Å²) in [6.07, 6.45) is 0.720. The smallest absolute Gasteiger partial charge is 0.257 e. The van der Waals surface area contributed by atoms with E-state index in [9.17, 15) is 4.79 Å². The highest BCUT2D eigenvalue weighted by Crippen LogP contribution is 2.20. The number of carbonyl (C=O) groups is 1. The standard InChI is InChI=1S/C19H19N3OS/c1-13(2)15-8-10-16(11-9-15)18(23)20-19-22-21-17(24-19)12-14-6-4-3-5-7-14/h3-11,13H,12H2,1-2H3,(H,20,22,23). The van der Waals surface area contributed by atoms with Gasteiger partial charge in [-0.1, -0.05) is 67.6 Å². The summed E-state index contributed by atoms with van der Waals surface area (Å²) in [6.45, 7) is 4.26. The van der Waals surface area contributed by atoms with Gasteiger partial charge in [0.25, 0.3) is 5.91 Å². The first-order valence-corrected chi connectivity index (χ1v) is 8.71. The normalized spacial score (nSPS) is 10.8. The zero-order valence-electron chi connectivity index (χ0n) is 13.7. The van der Waals surface area contributed by atoms with Crippen molar-refractivity contribution in [3.8, 4) is 0 Å². The molecule has 2 aromatic carbocycles. The largest absolute Gasteiger partial charge is 0.296 e. The maximum absolute atomic E-state index is 12.3. The Balaban J connectivity index is 1.64. The van der Waals surface area contributed by atoms with Crippen molar-refractivity contribution in [3.05, 3.63) is 76.3 Å². The summed E-state index contributed by atoms with van der Waals surface area (Å²) in [7, 11) is 0. The molecule has 3 rings (SSSR count). The number of rotatable bonds is 5. The maximum Gasteiger partial charge on any atom is 0.257 e. The third kappa shape index (κ3) is 4.06. The van der Waals surface area contributed by atoms with Gasteiger partial charge in [0.1, 0.15) is 5.01 Å². The topological polar surface area (TPSA) is 54.9 Å². The third-order valence-corrected chi connectivity index (χ3v) is 4.56. The number of nitrogens with zero attached hydrogens (tertiary/aromatic N) is 2. The molecule has 0 aliphatic heterocycles. The van der Waals surface area contributed by atoms with Crippen LogP contribution in [0.3, 0.4) is 0 Å². The number of anilines is 1. The average Bonchev–Trinajstić information content (AvgIpc) is 3.02. The molecule has 4 nitrogen and oxygen atoms in total. The van der Waals surface area contributed by atoms with Crippen molar-refractivity contribution in [2.45, 2.75) is 26.2 Å². The molecule has 3 aromatic rings. The Kier molecular flexibility index (Phi) is 5.01. The van der Waals surface area contributed by atoms with Crippen LogP contribution in [0.2, 0.25) is 0 Å². The summed E-state index contributed by atoms with van der Waals surface area (Å²) in [4.78, 5) is 12.3. The lowest BCUT2D eigenvalue weighted by atomic mass is 10.0. The van der Waals surface area contributed by atoms with E-state index < -0.39 is 0 Å². The van der Waals surface area contributed by atoms with Crippen LogP contribution in [0.5, 0.6) is 0 Å². The van der Waals surface area contributed by atoms with Gasteiger partial charge in [-0.3, -0.25) is 10.1 Å². The summed E-state index contributed by atoms with van der Waals surface area (Å²) < 4.78 is 0. The first-order valence-electron chi connectivity index (χ1n) is 7.89. The Labute approximate surface area is 145 Å². The molecule has 0 fully saturated rings. The average molecular weight is 337 g/mol. The van der Waals surface area contributed by atoms with Crippen molar-refractivity contribution in [2.75, 3.05) is 5.32 Å². The molecule has 5 heteroatoms. The second kappa shape index (κ2) is 7.36. The third-order valence-electron chi connectivity index (χ3n) is 3.73. The van der Waals surface area contributed by atoms with Crippen LogP contribution >= 0.6 is 11.3 Å². The lowest BCUT2D eigenvalue weighted by molar-refractivity contribution is 0.102. The second-order valence-electron chi connectivity index (χ2n) is 5.89. The Morgan fingerprint density at radius 3 is 2.42 bits per heavy atom. The number of hydrogen-bond acceptors (Lipinski definition) is 4. The molecule has 0 unspecified atom stereocenters. The quantitative estimate of drug-likeness (QED) is 0.745. The van der Waals surface area contributed by atoms with Gasteiger partial charge in [-0.15, -0.1) is 10.2 Å². The first kappa shape index (κ1) is 16.3. The minimum Gasteiger partial charge on any atom is -0.296 e. The molecular weight excluding hydrogens is 318 g/mol. The molecule has 0 atom stereocenters. The van der Waals surface area contributed by atoms with Crippen LogP contribution in [-0.2, 0) is 6.42 Å². The molecular formula is C19H19N3OS. The van der Waals surface area contributed by atoms with Gasteiger partial charge < -0.3 is 0 Å².